The first-order valence-corrected chi connectivity index (χ1v) is 8.99. The topological polar surface area (TPSA) is 74.8 Å². The molecular formula is C14H15ClN2O4S. The van der Waals surface area contributed by atoms with Gasteiger partial charge in [-0.15, -0.1) is 0 Å². The zero-order chi connectivity index (χ0) is 16.1. The number of imide groups is 1. The van der Waals surface area contributed by atoms with E-state index >= 15 is 0 Å². The van der Waals surface area contributed by atoms with Crippen LogP contribution >= 0.6 is 11.6 Å². The minimum atomic E-state index is -3.31. The van der Waals surface area contributed by atoms with Crippen LogP contribution in [-0.4, -0.2) is 54.3 Å². The largest absolute Gasteiger partial charge is 0.270 e. The van der Waals surface area contributed by atoms with E-state index in [1.54, 1.807) is 25.1 Å². The van der Waals surface area contributed by atoms with E-state index < -0.39 is 27.9 Å². The number of amides is 2. The molecule has 1 fully saturated rings. The van der Waals surface area contributed by atoms with Crippen LogP contribution < -0.4 is 0 Å². The van der Waals surface area contributed by atoms with Crippen LogP contribution in [0.4, 0.5) is 0 Å². The normalized spacial score (nSPS) is 22.5. The van der Waals surface area contributed by atoms with Gasteiger partial charge >= 0.3 is 0 Å². The molecule has 6 nitrogen and oxygen atoms in total. The van der Waals surface area contributed by atoms with E-state index in [1.807, 2.05) is 0 Å². The van der Waals surface area contributed by atoms with Gasteiger partial charge in [0.15, 0.2) is 0 Å². The predicted molar refractivity (Wildman–Crippen MR) is 81.4 cm³/mol. The lowest BCUT2D eigenvalue weighted by Gasteiger charge is -2.22. The third-order valence-electron chi connectivity index (χ3n) is 4.14. The molecule has 2 aliphatic heterocycles. The number of halogens is 1. The fourth-order valence-corrected chi connectivity index (χ4v) is 4.35. The summed E-state index contributed by atoms with van der Waals surface area (Å²) in [6.07, 6.45) is 0.447. The lowest BCUT2D eigenvalue weighted by Crippen LogP contribution is -2.42. The summed E-state index contributed by atoms with van der Waals surface area (Å²) in [5, 5.41) is 0.245. The molecule has 1 saturated heterocycles. The highest BCUT2D eigenvalue weighted by Crippen LogP contribution is 2.32. The van der Waals surface area contributed by atoms with Crippen LogP contribution in [0.1, 0.15) is 34.1 Å². The number of benzene rings is 1. The zero-order valence-electron chi connectivity index (χ0n) is 12.0. The molecule has 1 aromatic carbocycles. The van der Waals surface area contributed by atoms with E-state index in [0.29, 0.717) is 13.0 Å². The van der Waals surface area contributed by atoms with E-state index in [-0.39, 0.29) is 28.4 Å². The summed E-state index contributed by atoms with van der Waals surface area (Å²) in [5.41, 5.74) is 0.500. The molecule has 0 spiro atoms. The van der Waals surface area contributed by atoms with Gasteiger partial charge in [0.05, 0.1) is 27.9 Å². The summed E-state index contributed by atoms with van der Waals surface area (Å²) >= 11 is 6.02. The van der Waals surface area contributed by atoms with Gasteiger partial charge in [0.2, 0.25) is 10.0 Å². The second-order valence-electron chi connectivity index (χ2n) is 5.34. The van der Waals surface area contributed by atoms with Gasteiger partial charge in [0, 0.05) is 13.1 Å². The summed E-state index contributed by atoms with van der Waals surface area (Å²) in [6, 6.07) is 4.32. The average molecular weight is 343 g/mol. The third-order valence-corrected chi connectivity index (χ3v) is 6.31. The highest BCUT2D eigenvalue weighted by Gasteiger charge is 2.44. The van der Waals surface area contributed by atoms with Crippen molar-refractivity contribution in [2.75, 3.05) is 18.8 Å². The molecule has 0 radical (unpaired) electrons. The molecule has 2 heterocycles. The molecule has 0 bridgehead atoms. The molecule has 0 N–H and O–H groups in total. The maximum atomic E-state index is 12.5. The molecule has 8 heteroatoms. The predicted octanol–water partition coefficient (Wildman–Crippen LogP) is 1.36. The molecule has 0 aliphatic carbocycles. The summed E-state index contributed by atoms with van der Waals surface area (Å²) in [4.78, 5) is 26.1. The molecule has 1 unspecified atom stereocenters. The van der Waals surface area contributed by atoms with Gasteiger partial charge in [-0.05, 0) is 25.5 Å². The van der Waals surface area contributed by atoms with E-state index in [2.05, 4.69) is 0 Å². The molecule has 22 heavy (non-hydrogen) atoms. The first-order valence-electron chi connectivity index (χ1n) is 7.01. The number of carbonyl (C=O) groups is 2. The van der Waals surface area contributed by atoms with Gasteiger partial charge in [-0.1, -0.05) is 17.7 Å². The van der Waals surface area contributed by atoms with Gasteiger partial charge in [0.1, 0.15) is 0 Å². The molecule has 0 saturated carbocycles. The van der Waals surface area contributed by atoms with Crippen molar-refractivity contribution in [1.29, 1.82) is 0 Å². The van der Waals surface area contributed by atoms with Crippen molar-refractivity contribution in [3.05, 3.63) is 34.3 Å². The number of carbonyl (C=O) groups excluding carboxylic acids is 2. The van der Waals surface area contributed by atoms with Crippen molar-refractivity contribution in [2.45, 2.75) is 19.4 Å². The van der Waals surface area contributed by atoms with Crippen LogP contribution in [0.3, 0.4) is 0 Å². The average Bonchev–Trinajstić information content (AvgIpc) is 3.05. The monoisotopic (exact) mass is 342 g/mol. The maximum Gasteiger partial charge on any atom is 0.263 e. The Balaban J connectivity index is 1.88. The second-order valence-corrected chi connectivity index (χ2v) is 8.01. The number of hydrogen-bond acceptors (Lipinski definition) is 4. The fourth-order valence-electron chi connectivity index (χ4n) is 2.95. The van der Waals surface area contributed by atoms with Gasteiger partial charge < -0.3 is 0 Å². The van der Waals surface area contributed by atoms with Crippen LogP contribution in [0.25, 0.3) is 0 Å². The van der Waals surface area contributed by atoms with Crippen molar-refractivity contribution in [1.82, 2.24) is 9.21 Å². The Labute approximate surface area is 133 Å². The molecule has 2 aliphatic rings. The van der Waals surface area contributed by atoms with E-state index in [0.717, 1.165) is 4.90 Å². The number of hydrogen-bond donors (Lipinski definition) is 0. The number of sulfonamides is 1. The van der Waals surface area contributed by atoms with Crippen molar-refractivity contribution >= 4 is 33.4 Å². The van der Waals surface area contributed by atoms with Crippen molar-refractivity contribution < 1.29 is 18.0 Å². The third kappa shape index (κ3) is 2.24. The Hall–Kier alpha value is -1.44. The second kappa shape index (κ2) is 5.33. The molecule has 1 atom stereocenters. The highest BCUT2D eigenvalue weighted by atomic mass is 35.5. The van der Waals surface area contributed by atoms with Gasteiger partial charge in [-0.25, -0.2) is 8.42 Å². The Morgan fingerprint density at radius 3 is 2.64 bits per heavy atom. The molecule has 1 aromatic rings. The van der Waals surface area contributed by atoms with E-state index in [1.165, 1.54) is 4.31 Å². The van der Waals surface area contributed by atoms with Gasteiger partial charge in [-0.3, -0.25) is 14.5 Å². The van der Waals surface area contributed by atoms with Crippen LogP contribution in [0.2, 0.25) is 5.02 Å². The van der Waals surface area contributed by atoms with Crippen molar-refractivity contribution in [3.8, 4) is 0 Å². The summed E-state index contributed by atoms with van der Waals surface area (Å²) < 4.78 is 25.2. The Morgan fingerprint density at radius 1 is 1.27 bits per heavy atom. The quantitative estimate of drug-likeness (QED) is 0.777. The van der Waals surface area contributed by atoms with Crippen molar-refractivity contribution in [2.24, 2.45) is 0 Å². The van der Waals surface area contributed by atoms with E-state index in [4.69, 9.17) is 11.6 Å². The van der Waals surface area contributed by atoms with Crippen LogP contribution in [0, 0.1) is 0 Å². The Morgan fingerprint density at radius 2 is 2.00 bits per heavy atom. The van der Waals surface area contributed by atoms with E-state index in [9.17, 15) is 18.0 Å². The zero-order valence-corrected chi connectivity index (χ0v) is 13.5. The summed E-state index contributed by atoms with van der Waals surface area (Å²) in [5.74, 6) is -0.831. The Bertz CT molecular complexity index is 762. The highest BCUT2D eigenvalue weighted by molar-refractivity contribution is 7.89. The summed E-state index contributed by atoms with van der Waals surface area (Å²) in [6.45, 7) is 2.05. The fraction of sp³-hybridized carbons (Fsp3) is 0.429. The molecule has 118 valence electrons. The SMILES string of the molecule is CCS(=O)(=O)N1CCC(N2C(=O)c3cccc(Cl)c3C2=O)C1. The minimum absolute atomic E-state index is 0.00761. The minimum Gasteiger partial charge on any atom is -0.270 e. The van der Waals surface area contributed by atoms with Crippen molar-refractivity contribution in [3.63, 3.8) is 0 Å². The molecule has 3 rings (SSSR count). The van der Waals surface area contributed by atoms with Crippen LogP contribution in [0.15, 0.2) is 18.2 Å². The lowest BCUT2D eigenvalue weighted by atomic mass is 10.1. The molecule has 2 amide bonds. The summed E-state index contributed by atoms with van der Waals surface area (Å²) in [7, 11) is -3.31. The smallest absolute Gasteiger partial charge is 0.263 e. The standard InChI is InChI=1S/C14H15ClN2O4S/c1-2-22(20,21)16-7-6-9(8-16)17-13(18)10-4-3-5-11(15)12(10)14(17)19/h3-5,9H,2,6-8H2,1H3. The maximum absolute atomic E-state index is 12.5. The van der Waals surface area contributed by atoms with Gasteiger partial charge in [0.25, 0.3) is 11.8 Å². The Kier molecular flexibility index (Phi) is 3.74. The lowest BCUT2D eigenvalue weighted by molar-refractivity contribution is 0.0593. The van der Waals surface area contributed by atoms with Crippen LogP contribution in [-0.2, 0) is 10.0 Å². The number of rotatable bonds is 3. The van der Waals surface area contributed by atoms with Crippen LogP contribution in [0.5, 0.6) is 0 Å². The first kappa shape index (κ1) is 15.5. The van der Waals surface area contributed by atoms with Gasteiger partial charge in [-0.2, -0.15) is 4.31 Å². The first-order chi connectivity index (χ1) is 10.4. The molecule has 0 aromatic heterocycles. The number of fused-ring (bicyclic) bond motifs is 1. The molecular weight excluding hydrogens is 328 g/mol. The number of nitrogens with zero attached hydrogens (tertiary/aromatic N) is 2.